The number of fused-ring (bicyclic) bond motifs is 20. The molecule has 61 heteroatoms. The van der Waals surface area contributed by atoms with Gasteiger partial charge in [-0.05, 0) is 239 Å². The molecule has 578 valence electrons. The summed E-state index contributed by atoms with van der Waals surface area (Å²) in [6.45, 7) is -2.56. The van der Waals surface area contributed by atoms with Crippen molar-refractivity contribution in [3.63, 3.8) is 0 Å². The fourth-order valence-corrected chi connectivity index (χ4v) is 23.9. The van der Waals surface area contributed by atoms with E-state index in [1.165, 1.54) is 0 Å². The monoisotopic (exact) mass is 1750 g/mol. The molecule has 11 aromatic rings. The van der Waals surface area contributed by atoms with Crippen molar-refractivity contribution in [2.75, 3.05) is 0 Å². The minimum Gasteiger partial charge on any atom is -0.457 e. The quantitative estimate of drug-likeness (QED) is 0.0472. The van der Waals surface area contributed by atoms with Crippen LogP contribution < -0.4 is 28.9 Å². The van der Waals surface area contributed by atoms with Crippen molar-refractivity contribution >= 4 is 397 Å². The molecule has 0 spiro atoms. The first-order valence-corrected chi connectivity index (χ1v) is 47.0. The van der Waals surface area contributed by atoms with Gasteiger partial charge >= 0.3 is 19.5 Å². The van der Waals surface area contributed by atoms with Crippen LogP contribution in [0.2, 0.25) is 87.4 Å². The minimum absolute atomic E-state index is 0. The van der Waals surface area contributed by atoms with Gasteiger partial charge in [0, 0.05) is 288 Å². The van der Waals surface area contributed by atoms with Gasteiger partial charge in [0.1, 0.15) is 46.0 Å². The molecule has 0 saturated carbocycles. The van der Waals surface area contributed by atoms with Crippen LogP contribution in [0.25, 0.3) is 89.7 Å². The molecule has 141 heavy (non-hydrogen) atoms. The van der Waals surface area contributed by atoms with Crippen LogP contribution in [0.1, 0.15) is 44.5 Å². The third-order valence-corrected chi connectivity index (χ3v) is 33.0. The zero-order valence-electron chi connectivity index (χ0n) is 77.8. The summed E-state index contributed by atoms with van der Waals surface area (Å²) in [4.78, 5) is 43.5. The van der Waals surface area contributed by atoms with Gasteiger partial charge in [0.05, 0.1) is 133 Å². The molecule has 0 amide bonds. The van der Waals surface area contributed by atoms with E-state index in [2.05, 4.69) is 24.3 Å². The Labute approximate surface area is 888 Å². The van der Waals surface area contributed by atoms with Crippen LogP contribution in [0.3, 0.4) is 0 Å². The predicted molar refractivity (Wildman–Crippen MR) is 617 cm³/mol. The van der Waals surface area contributed by atoms with Crippen molar-refractivity contribution in [2.45, 2.75) is 139 Å². The molecule has 0 N–H and O–H groups in total. The molecule has 13 heterocycles. The zero-order chi connectivity index (χ0) is 98.1. The van der Waals surface area contributed by atoms with Gasteiger partial charge < -0.3 is 48.9 Å². The summed E-state index contributed by atoms with van der Waals surface area (Å²) in [6, 6.07) is 46.5. The molecular formula is C80H48B48N8O4Zn. The van der Waals surface area contributed by atoms with Gasteiger partial charge in [0.15, 0.2) is 0 Å². The summed E-state index contributed by atoms with van der Waals surface area (Å²) in [5.41, 5.74) is 8.64. The summed E-state index contributed by atoms with van der Waals surface area (Å²) in [7, 11) is 181. The topological polar surface area (TPSA) is 142 Å². The molecule has 3 aromatic heterocycles. The van der Waals surface area contributed by atoms with E-state index in [1.54, 1.807) is 115 Å². The molecule has 10 aliphatic heterocycles. The van der Waals surface area contributed by atoms with Gasteiger partial charge in [0.2, 0.25) is 0 Å². The Bertz CT molecular complexity index is 6330. The van der Waals surface area contributed by atoms with Crippen molar-refractivity contribution in [3.05, 3.63) is 190 Å². The van der Waals surface area contributed by atoms with E-state index in [4.69, 9.17) is 245 Å². The Balaban J connectivity index is 0.0000122. The maximum absolute atomic E-state index is 7.08. The molecular weight excluding hydrogens is 1700 g/mol. The molecule has 8 saturated heterocycles. The predicted octanol–water partition coefficient (Wildman–Crippen LogP) is -0.169. The van der Waals surface area contributed by atoms with E-state index < -0.39 is 41.7 Å². The Morgan fingerprint density at radius 2 is 0.404 bits per heavy atom. The molecule has 12 nitrogen and oxygen atoms in total. The maximum atomic E-state index is 7.08. The van der Waals surface area contributed by atoms with Crippen LogP contribution in [0.5, 0.6) is 46.0 Å². The molecule has 21 rings (SSSR count). The van der Waals surface area contributed by atoms with Gasteiger partial charge in [-0.15, -0.1) is 87.4 Å². The van der Waals surface area contributed by atoms with Crippen LogP contribution in [0.4, 0.5) is 0 Å². The second-order valence-corrected chi connectivity index (χ2v) is 40.3. The van der Waals surface area contributed by atoms with E-state index in [1.807, 2.05) is 121 Å². The first kappa shape index (κ1) is 102. The van der Waals surface area contributed by atoms with Crippen molar-refractivity contribution in [2.24, 2.45) is 0 Å². The average molecular weight is 1750 g/mol. The average Bonchev–Trinajstić information content (AvgIpc) is 1.57. The first-order chi connectivity index (χ1) is 67.5. The largest absolute Gasteiger partial charge is 2.00 e. The van der Waals surface area contributed by atoms with Gasteiger partial charge in [-0.1, -0.05) is 24.3 Å². The number of rotatable bonds is 40. The third-order valence-electron chi connectivity index (χ3n) is 33.0. The fraction of sp³-hybridized carbons (Fsp3) is 0.300. The van der Waals surface area contributed by atoms with E-state index in [0.29, 0.717) is 141 Å². The van der Waals surface area contributed by atoms with Gasteiger partial charge in [-0.2, -0.15) is 0 Å². The summed E-state index contributed by atoms with van der Waals surface area (Å²) in [5.74, 6) is 4.41. The van der Waals surface area contributed by atoms with Crippen LogP contribution >= 0.6 is 0 Å². The maximum Gasteiger partial charge on any atom is 2.00 e. The Morgan fingerprint density at radius 1 is 0.220 bits per heavy atom. The van der Waals surface area contributed by atoms with Gasteiger partial charge in [-0.3, -0.25) is 0 Å². The molecule has 16 atom stereocenters. The van der Waals surface area contributed by atoms with E-state index in [-0.39, 0.29) is 164 Å². The Kier molecular flexibility index (Phi) is 28.4. The van der Waals surface area contributed by atoms with Crippen LogP contribution in [-0.4, -0.2) is 383 Å². The van der Waals surface area contributed by atoms with Gasteiger partial charge in [0.25, 0.3) is 0 Å². The number of hydrogen-bond donors (Lipinski definition) is 0. The Hall–Kier alpha value is -5.94. The Morgan fingerprint density at radius 3 is 0.596 bits per heavy atom. The molecule has 8 aromatic carbocycles. The standard InChI is InChI=1S/C80H48B48N8O4.Zn/c81-105-65-73(113-89,121(65)97)25-33-9-34(26-74(114-90)66(106-82)122(74)98)14-45(13-33)137-41-1-5-49-53(21-41)61-131-57(49)129-58-50-6-2-42(138-46-15-35(27-75(115-91)67(107-83)123(75)99)10-36(16-46)28-76(116-92)68(108-84)124(76)100)22-54(50)63(132-58)136-64-56-24-44(140-48-19-39(31-79(119-95)71(111-87)127(79)103)12-40(20-48)32-80(120-96)72(112-88)128(80)104)4-8-52(56)60(134-64)130-59-51-7-3-43(23-55(51)62(133-59)135-61)139-47-17-37(29-77(117-93)69(109-85)125(77)101)11-38(18-47)30-78(118-94)70(110-86)126(78)102;/h1-24,65-72H,25-32H2;/q-2;+2/i105-1,106-1,107-1,108-1,109-1,110-1,111-1,112-1,113-1,114-1,115-1,116-1,117-1,118-1,119-1,120-1,121-1,122-1,123-1,124-1,125-1,126-1,127-1,128-1;. The SMILES string of the molecule is [B][10B]C1[10B]([B])C1([10B][B])Cc1cc(CC2([10B][B])[10B]([B])C2[10B][B])cc(Oc2ccc3c(c2)-c2nc-3nc3[n-]c(nc4nc(nc5[n-]c(n2)c2cc(Oc6cc(CC7([10B][B])[10B]([B])C7[10B][B])cc(CC7([10B][B])[10B]([B])C7[10B][B])c6)ccc52)-c2ccc(Oc5cc(CC6([10B][B])[10B]([B])C6[10B][B])cc(CC6([10B][B])[10B]([B])C6[10B][B])c5)cc2-4)c2cc(Oc4cc(CC5([10B][B])[10B]([B])C5[10B][B])cc(CC5([10B][B])[10B]([B])C5[10B][B])c4)ccc32)c1.[Zn+2]. The summed E-state index contributed by atoms with van der Waals surface area (Å²) >= 11 is 0. The van der Waals surface area contributed by atoms with E-state index in [9.17, 15) is 0 Å². The second kappa shape index (κ2) is 39.2. The molecule has 16 unspecified atom stereocenters. The smallest absolute Gasteiger partial charge is 0.457 e. The van der Waals surface area contributed by atoms with Crippen molar-refractivity contribution in [1.29, 1.82) is 0 Å². The number of aromatic nitrogens is 8. The summed E-state index contributed by atoms with van der Waals surface area (Å²) in [5, 5.41) is -2.87. The summed E-state index contributed by atoms with van der Waals surface area (Å²) < 4.78 is 28.3. The first-order valence-electron chi connectivity index (χ1n) is 47.0. The number of nitrogens with zero attached hydrogens (tertiary/aromatic N) is 8. The zero-order valence-corrected chi connectivity index (χ0v) is 80.7. The minimum atomic E-state index is -0.626. The number of hydrogen-bond acceptors (Lipinski definition) is 10. The number of ether oxygens (including phenoxy) is 4. The van der Waals surface area contributed by atoms with Gasteiger partial charge in [-0.25, -0.2) is 9.97 Å². The van der Waals surface area contributed by atoms with Crippen molar-refractivity contribution in [1.82, 2.24) is 39.9 Å². The normalized spacial score (nSPS) is 27.1. The second-order valence-electron chi connectivity index (χ2n) is 40.3. The summed E-state index contributed by atoms with van der Waals surface area (Å²) in [6.07, 6.45) is 3.53. The van der Waals surface area contributed by atoms with Crippen molar-refractivity contribution < 1.29 is 38.4 Å². The van der Waals surface area contributed by atoms with E-state index >= 15 is 0 Å². The molecule has 0 aliphatic carbocycles. The fourth-order valence-electron chi connectivity index (χ4n) is 23.9. The van der Waals surface area contributed by atoms with Crippen LogP contribution in [0, 0.1) is 0 Å². The third kappa shape index (κ3) is 17.4. The van der Waals surface area contributed by atoms with E-state index in [0.717, 1.165) is 44.5 Å². The van der Waals surface area contributed by atoms with Crippen LogP contribution in [0.15, 0.2) is 146 Å². The molecule has 64 radical (unpaired) electrons. The molecule has 8 bridgehead atoms. The molecule has 8 fully saturated rings. The molecule has 10 aliphatic rings. The number of benzene rings is 8. The van der Waals surface area contributed by atoms with Crippen molar-refractivity contribution in [3.8, 4) is 91.5 Å². The van der Waals surface area contributed by atoms with Crippen LogP contribution in [-0.2, 0) is 70.8 Å².